The average molecular weight is 729 g/mol. The molecule has 16 heteroatoms. The highest BCUT2D eigenvalue weighted by Crippen LogP contribution is 2.21. The third-order valence-electron chi connectivity index (χ3n) is 6.85. The molecule has 0 aliphatic heterocycles. The second kappa shape index (κ2) is 21.7. The molecule has 1 aromatic carbocycles. The molecule has 0 saturated carbocycles. The molecular weight excluding hydrogens is 680 g/mol. The Labute approximate surface area is 301 Å². The van der Waals surface area contributed by atoms with Gasteiger partial charge < -0.3 is 45.0 Å². The average Bonchev–Trinajstić information content (AvgIpc) is 3.49. The van der Waals surface area contributed by atoms with Crippen molar-refractivity contribution in [1.82, 2.24) is 25.6 Å². The second-order valence-corrected chi connectivity index (χ2v) is 13.3. The molecule has 6 N–H and O–H groups in total. The number of nitrogens with zero attached hydrogens (tertiary/aromatic N) is 1. The topological polar surface area (TPSA) is 209 Å². The zero-order chi connectivity index (χ0) is 37.1. The van der Waals surface area contributed by atoms with E-state index in [4.69, 9.17) is 35.8 Å². The van der Waals surface area contributed by atoms with Crippen LogP contribution in [0.5, 0.6) is 0 Å². The number of carbonyl (C=O) groups excluding carboxylic acids is 3. The van der Waals surface area contributed by atoms with Crippen LogP contribution in [0, 0.1) is 12.3 Å². The Morgan fingerprint density at radius 1 is 0.980 bits per heavy atom. The molecule has 0 bridgehead atoms. The summed E-state index contributed by atoms with van der Waals surface area (Å²) >= 11 is 1.58. The quantitative estimate of drug-likeness (QED) is 0.0412. The molecular formula is C35H48N6O9S. The second-order valence-electron chi connectivity index (χ2n) is 12.2. The molecule has 0 spiro atoms. The van der Waals surface area contributed by atoms with E-state index in [0.717, 1.165) is 10.6 Å². The molecule has 0 unspecified atom stereocenters. The van der Waals surface area contributed by atoms with E-state index in [1.54, 1.807) is 50.7 Å². The number of esters is 1. The highest BCUT2D eigenvalue weighted by Gasteiger charge is 2.27. The minimum absolute atomic E-state index is 0.00907. The summed E-state index contributed by atoms with van der Waals surface area (Å²) in [5, 5.41) is 5.93. The van der Waals surface area contributed by atoms with Gasteiger partial charge in [0.15, 0.2) is 0 Å². The summed E-state index contributed by atoms with van der Waals surface area (Å²) in [4.78, 5) is 61.3. The van der Waals surface area contributed by atoms with Gasteiger partial charge >= 0.3 is 5.97 Å². The number of H-pyrrole nitrogens is 2. The molecule has 278 valence electrons. The van der Waals surface area contributed by atoms with Crippen LogP contribution in [-0.4, -0.2) is 110 Å². The fourth-order valence-electron chi connectivity index (χ4n) is 4.49. The summed E-state index contributed by atoms with van der Waals surface area (Å²) in [6.07, 6.45) is 5.79. The smallest absolute Gasteiger partial charge is 0.329 e. The summed E-state index contributed by atoms with van der Waals surface area (Å²) in [5.41, 5.74) is 6.20. The molecule has 0 fully saturated rings. The summed E-state index contributed by atoms with van der Waals surface area (Å²) in [6.45, 7) is 8.49. The predicted octanol–water partition coefficient (Wildman–Crippen LogP) is 2.20. The number of amides is 2. The number of ether oxygens (including phenoxy) is 5. The van der Waals surface area contributed by atoms with Crippen molar-refractivity contribution in [3.63, 3.8) is 0 Å². The molecule has 1 atom stereocenters. The Kier molecular flexibility index (Phi) is 17.5. The van der Waals surface area contributed by atoms with E-state index in [1.807, 2.05) is 12.1 Å². The fourth-order valence-corrected chi connectivity index (χ4v) is 5.37. The van der Waals surface area contributed by atoms with Crippen LogP contribution in [0.2, 0.25) is 0 Å². The SMILES string of the molecule is C#CCOCCOCCOCCOCCNC(=O)CC[C@H](NC(=O)c1ccc(SCCc2cc3c(=O)[nH]c(N)nc3[nH]2)cc1)C(=O)OC(C)(C)C. The lowest BCUT2D eigenvalue weighted by atomic mass is 10.1. The number of benzene rings is 1. The van der Waals surface area contributed by atoms with Crippen LogP contribution in [0.15, 0.2) is 40.0 Å². The number of hydrogen-bond donors (Lipinski definition) is 5. The number of rotatable bonds is 23. The molecule has 3 aromatic rings. The van der Waals surface area contributed by atoms with Crippen LogP contribution < -0.4 is 21.9 Å². The number of fused-ring (bicyclic) bond motifs is 1. The number of aromatic nitrogens is 3. The Balaban J connectivity index is 1.37. The number of hydrogen-bond acceptors (Lipinski definition) is 12. The lowest BCUT2D eigenvalue weighted by molar-refractivity contribution is -0.157. The molecule has 2 heterocycles. The van der Waals surface area contributed by atoms with Crippen molar-refractivity contribution in [3.05, 3.63) is 51.9 Å². The van der Waals surface area contributed by atoms with Crippen LogP contribution in [-0.2, 0) is 39.7 Å². The van der Waals surface area contributed by atoms with Crippen molar-refractivity contribution in [2.45, 2.75) is 56.6 Å². The Morgan fingerprint density at radius 3 is 2.27 bits per heavy atom. The van der Waals surface area contributed by atoms with Crippen molar-refractivity contribution in [1.29, 1.82) is 0 Å². The standard InChI is InChI=1S/C35H48N6O9S/c1-5-14-46-16-18-48-20-21-49-19-17-47-15-13-37-29(42)11-10-28(33(45)50-35(2,3)4)39-31(43)24-6-8-26(9-7-24)51-22-12-25-23-27-30(38-25)40-34(36)41-32(27)44/h1,6-9,23,28H,10-22H2,2-4H3,(H,37,42)(H,39,43)(H4,36,38,40,41,44)/t28-/m0/s1. The molecule has 0 aliphatic rings. The van der Waals surface area contributed by atoms with Crippen LogP contribution in [0.3, 0.4) is 0 Å². The number of terminal acetylenes is 1. The van der Waals surface area contributed by atoms with Crippen LogP contribution in [0.4, 0.5) is 5.95 Å². The first-order valence-electron chi connectivity index (χ1n) is 16.6. The monoisotopic (exact) mass is 728 g/mol. The van der Waals surface area contributed by atoms with E-state index in [2.05, 4.69) is 31.5 Å². The minimum Gasteiger partial charge on any atom is -0.458 e. The minimum atomic E-state index is -1.03. The lowest BCUT2D eigenvalue weighted by Crippen LogP contribution is -2.45. The summed E-state index contributed by atoms with van der Waals surface area (Å²) < 4.78 is 26.9. The van der Waals surface area contributed by atoms with Gasteiger partial charge in [0, 0.05) is 34.9 Å². The van der Waals surface area contributed by atoms with Gasteiger partial charge in [-0.05, 0) is 63.9 Å². The van der Waals surface area contributed by atoms with Crippen molar-refractivity contribution < 1.29 is 38.1 Å². The molecule has 0 aliphatic carbocycles. The van der Waals surface area contributed by atoms with Gasteiger partial charge in [-0.25, -0.2) is 4.79 Å². The van der Waals surface area contributed by atoms with Crippen LogP contribution in [0.25, 0.3) is 11.0 Å². The number of nitrogens with two attached hydrogens (primary N) is 1. The number of carbonyl (C=O) groups is 3. The first-order valence-corrected chi connectivity index (χ1v) is 17.6. The molecule has 15 nitrogen and oxygen atoms in total. The maximum absolute atomic E-state index is 13.1. The number of aromatic amines is 2. The highest BCUT2D eigenvalue weighted by molar-refractivity contribution is 7.99. The first-order chi connectivity index (χ1) is 24.4. The summed E-state index contributed by atoms with van der Waals surface area (Å²) in [6, 6.07) is 7.70. The van der Waals surface area contributed by atoms with Crippen molar-refractivity contribution in [2.75, 3.05) is 70.9 Å². The van der Waals surface area contributed by atoms with Crippen molar-refractivity contribution >= 4 is 46.5 Å². The van der Waals surface area contributed by atoms with E-state index in [-0.39, 0.29) is 50.0 Å². The third-order valence-corrected chi connectivity index (χ3v) is 7.87. The van der Waals surface area contributed by atoms with E-state index in [1.165, 1.54) is 0 Å². The number of nitrogens with one attached hydrogen (secondary N) is 4. The van der Waals surface area contributed by atoms with Gasteiger partial charge in [-0.1, -0.05) is 5.92 Å². The van der Waals surface area contributed by atoms with Gasteiger partial charge in [0.1, 0.15) is 23.9 Å². The summed E-state index contributed by atoms with van der Waals surface area (Å²) in [5.74, 6) is 1.76. The van der Waals surface area contributed by atoms with E-state index >= 15 is 0 Å². The number of thioether (sulfide) groups is 1. The molecule has 0 saturated heterocycles. The van der Waals surface area contributed by atoms with E-state index in [0.29, 0.717) is 68.4 Å². The Hall–Kier alpha value is -4.40. The third kappa shape index (κ3) is 16.0. The van der Waals surface area contributed by atoms with Gasteiger partial charge in [0.25, 0.3) is 11.5 Å². The van der Waals surface area contributed by atoms with Crippen LogP contribution >= 0.6 is 11.8 Å². The molecule has 2 amide bonds. The molecule has 51 heavy (non-hydrogen) atoms. The largest absolute Gasteiger partial charge is 0.458 e. The van der Waals surface area contributed by atoms with Gasteiger partial charge in [-0.2, -0.15) is 4.98 Å². The van der Waals surface area contributed by atoms with Gasteiger partial charge in [0.05, 0.1) is 51.6 Å². The van der Waals surface area contributed by atoms with E-state index in [9.17, 15) is 19.2 Å². The van der Waals surface area contributed by atoms with Gasteiger partial charge in [0.2, 0.25) is 11.9 Å². The first kappa shape index (κ1) is 41.0. The zero-order valence-electron chi connectivity index (χ0n) is 29.3. The van der Waals surface area contributed by atoms with Crippen molar-refractivity contribution in [3.8, 4) is 12.3 Å². The Bertz CT molecular complexity index is 1650. The lowest BCUT2D eigenvalue weighted by Gasteiger charge is -2.24. The Morgan fingerprint density at radius 2 is 1.63 bits per heavy atom. The normalized spacial score (nSPS) is 12.0. The molecule has 3 rings (SSSR count). The maximum atomic E-state index is 13.1. The molecule has 2 aromatic heterocycles. The number of anilines is 1. The summed E-state index contributed by atoms with van der Waals surface area (Å²) in [7, 11) is 0. The zero-order valence-corrected chi connectivity index (χ0v) is 30.2. The van der Waals surface area contributed by atoms with Crippen LogP contribution in [0.1, 0.15) is 49.7 Å². The number of nitrogen functional groups attached to an aromatic ring is 1. The fraction of sp³-hybridized carbons (Fsp3) is 0.514. The van der Waals surface area contributed by atoms with E-state index < -0.39 is 23.5 Å². The highest BCUT2D eigenvalue weighted by atomic mass is 32.2. The maximum Gasteiger partial charge on any atom is 0.329 e. The van der Waals surface area contributed by atoms with Gasteiger partial charge in [-0.3, -0.25) is 19.4 Å². The number of aryl methyl sites for hydroxylation is 1. The predicted molar refractivity (Wildman–Crippen MR) is 193 cm³/mol. The van der Waals surface area contributed by atoms with Gasteiger partial charge in [-0.15, -0.1) is 18.2 Å². The molecule has 0 radical (unpaired) electrons. The van der Waals surface area contributed by atoms with Crippen molar-refractivity contribution in [2.24, 2.45) is 0 Å².